The fourth-order valence-electron chi connectivity index (χ4n) is 3.06. The van der Waals surface area contributed by atoms with Crippen molar-refractivity contribution in [3.63, 3.8) is 0 Å². The van der Waals surface area contributed by atoms with Gasteiger partial charge < -0.3 is 5.11 Å². The van der Waals surface area contributed by atoms with E-state index in [1.54, 1.807) is 0 Å². The molecular formula is C13H26O. The van der Waals surface area contributed by atoms with Crippen LogP contribution in [0, 0.1) is 11.3 Å². The molecule has 0 aromatic rings. The van der Waals surface area contributed by atoms with E-state index in [1.807, 2.05) is 0 Å². The van der Waals surface area contributed by atoms with Crippen LogP contribution >= 0.6 is 0 Å². The monoisotopic (exact) mass is 198 g/mol. The van der Waals surface area contributed by atoms with E-state index in [4.69, 9.17) is 0 Å². The van der Waals surface area contributed by atoms with Gasteiger partial charge in [0.1, 0.15) is 0 Å². The molecule has 0 spiro atoms. The quantitative estimate of drug-likeness (QED) is 0.729. The summed E-state index contributed by atoms with van der Waals surface area (Å²) in [6.07, 6.45) is 6.68. The van der Waals surface area contributed by atoms with Crippen LogP contribution in [-0.2, 0) is 0 Å². The van der Waals surface area contributed by atoms with Crippen LogP contribution in [0.15, 0.2) is 0 Å². The highest BCUT2D eigenvalue weighted by Crippen LogP contribution is 2.46. The average Bonchev–Trinajstić information content (AvgIpc) is 2.25. The first-order chi connectivity index (χ1) is 6.37. The van der Waals surface area contributed by atoms with E-state index < -0.39 is 0 Å². The van der Waals surface area contributed by atoms with E-state index in [1.165, 1.54) is 19.3 Å². The van der Waals surface area contributed by atoms with Gasteiger partial charge in [0, 0.05) is 0 Å². The Balaban J connectivity index is 2.44. The van der Waals surface area contributed by atoms with Gasteiger partial charge in [-0.05, 0) is 37.0 Å². The molecular weight excluding hydrogens is 172 g/mol. The molecule has 84 valence electrons. The van der Waals surface area contributed by atoms with Crippen molar-refractivity contribution in [2.45, 2.75) is 71.8 Å². The molecule has 1 N–H and O–H groups in total. The molecule has 0 aromatic heterocycles. The lowest BCUT2D eigenvalue weighted by atomic mass is 9.84. The van der Waals surface area contributed by atoms with Gasteiger partial charge in [0.05, 0.1) is 5.60 Å². The molecule has 2 atom stereocenters. The Morgan fingerprint density at radius 2 is 1.93 bits per heavy atom. The van der Waals surface area contributed by atoms with Crippen molar-refractivity contribution < 1.29 is 5.11 Å². The van der Waals surface area contributed by atoms with Gasteiger partial charge in [-0.1, -0.05) is 40.5 Å². The van der Waals surface area contributed by atoms with Gasteiger partial charge in [0.2, 0.25) is 0 Å². The molecule has 1 fully saturated rings. The van der Waals surface area contributed by atoms with Crippen LogP contribution < -0.4 is 0 Å². The molecule has 14 heavy (non-hydrogen) atoms. The number of hydrogen-bond acceptors (Lipinski definition) is 1. The molecule has 1 aliphatic carbocycles. The third-order valence-electron chi connectivity index (χ3n) is 3.58. The predicted molar refractivity (Wildman–Crippen MR) is 61.3 cm³/mol. The molecule has 0 aliphatic heterocycles. The minimum atomic E-state index is -0.349. The van der Waals surface area contributed by atoms with Crippen LogP contribution in [0.4, 0.5) is 0 Å². The third-order valence-corrected chi connectivity index (χ3v) is 3.58. The zero-order valence-electron chi connectivity index (χ0n) is 10.3. The lowest BCUT2D eigenvalue weighted by Gasteiger charge is -2.28. The Bertz CT molecular complexity index is 186. The second kappa shape index (κ2) is 4.22. The topological polar surface area (TPSA) is 20.2 Å². The molecule has 0 aromatic carbocycles. The average molecular weight is 198 g/mol. The van der Waals surface area contributed by atoms with Crippen molar-refractivity contribution in [3.8, 4) is 0 Å². The summed E-state index contributed by atoms with van der Waals surface area (Å²) in [4.78, 5) is 0. The fourth-order valence-corrected chi connectivity index (χ4v) is 3.06. The van der Waals surface area contributed by atoms with Crippen LogP contribution in [0.2, 0.25) is 0 Å². The van der Waals surface area contributed by atoms with Gasteiger partial charge >= 0.3 is 0 Å². The highest BCUT2D eigenvalue weighted by Gasteiger charge is 2.41. The van der Waals surface area contributed by atoms with Gasteiger partial charge in [-0.3, -0.25) is 0 Å². The molecule has 0 amide bonds. The van der Waals surface area contributed by atoms with Crippen molar-refractivity contribution in [1.29, 1.82) is 0 Å². The lowest BCUT2D eigenvalue weighted by Crippen LogP contribution is -2.28. The van der Waals surface area contributed by atoms with Crippen molar-refractivity contribution in [2.24, 2.45) is 11.3 Å². The van der Waals surface area contributed by atoms with E-state index in [0.29, 0.717) is 11.3 Å². The minimum Gasteiger partial charge on any atom is -0.390 e. The summed E-state index contributed by atoms with van der Waals surface area (Å²) < 4.78 is 0. The molecule has 0 saturated heterocycles. The Labute approximate surface area is 88.9 Å². The SMILES string of the molecule is CCCC(C)CC1(O)CCC(C)(C)C1. The Morgan fingerprint density at radius 3 is 2.36 bits per heavy atom. The van der Waals surface area contributed by atoms with Crippen molar-refractivity contribution >= 4 is 0 Å². The Hall–Kier alpha value is -0.0400. The smallest absolute Gasteiger partial charge is 0.0655 e. The Kier molecular flexibility index (Phi) is 3.63. The van der Waals surface area contributed by atoms with Gasteiger partial charge in [-0.2, -0.15) is 0 Å². The maximum Gasteiger partial charge on any atom is 0.0655 e. The predicted octanol–water partition coefficient (Wildman–Crippen LogP) is 3.75. The van der Waals surface area contributed by atoms with Crippen molar-refractivity contribution in [1.82, 2.24) is 0 Å². The molecule has 0 heterocycles. The molecule has 0 radical (unpaired) electrons. The normalized spacial score (nSPS) is 33.2. The van der Waals surface area contributed by atoms with Crippen LogP contribution in [0.3, 0.4) is 0 Å². The van der Waals surface area contributed by atoms with Crippen molar-refractivity contribution in [2.75, 3.05) is 0 Å². The van der Waals surface area contributed by atoms with Gasteiger partial charge in [-0.15, -0.1) is 0 Å². The molecule has 1 heteroatoms. The summed E-state index contributed by atoms with van der Waals surface area (Å²) in [5.41, 5.74) is 0.0127. The minimum absolute atomic E-state index is 0.349. The summed E-state index contributed by atoms with van der Waals surface area (Å²) in [5.74, 6) is 0.680. The van der Waals surface area contributed by atoms with E-state index in [9.17, 15) is 5.11 Å². The summed E-state index contributed by atoms with van der Waals surface area (Å²) in [6.45, 7) is 9.04. The van der Waals surface area contributed by atoms with Crippen molar-refractivity contribution in [3.05, 3.63) is 0 Å². The first-order valence-electron chi connectivity index (χ1n) is 6.09. The molecule has 0 bridgehead atoms. The third kappa shape index (κ3) is 3.27. The zero-order valence-corrected chi connectivity index (χ0v) is 10.3. The lowest BCUT2D eigenvalue weighted by molar-refractivity contribution is 0.0142. The number of rotatable bonds is 4. The number of hydrogen-bond donors (Lipinski definition) is 1. The number of aliphatic hydroxyl groups is 1. The van der Waals surface area contributed by atoms with Gasteiger partial charge in [0.15, 0.2) is 0 Å². The zero-order chi connectivity index (χ0) is 10.8. The Morgan fingerprint density at radius 1 is 1.29 bits per heavy atom. The fraction of sp³-hybridized carbons (Fsp3) is 1.00. The van der Waals surface area contributed by atoms with Gasteiger partial charge in [-0.25, -0.2) is 0 Å². The first kappa shape index (κ1) is 12.0. The van der Waals surface area contributed by atoms with E-state index in [-0.39, 0.29) is 5.60 Å². The standard InChI is InChI=1S/C13H26O/c1-5-6-11(2)9-13(14)8-7-12(3,4)10-13/h11,14H,5-10H2,1-4H3. The maximum atomic E-state index is 10.4. The first-order valence-corrected chi connectivity index (χ1v) is 6.09. The molecule has 1 rings (SSSR count). The summed E-state index contributed by atoms with van der Waals surface area (Å²) in [5, 5.41) is 10.4. The molecule has 2 unspecified atom stereocenters. The largest absolute Gasteiger partial charge is 0.390 e. The summed E-state index contributed by atoms with van der Waals surface area (Å²) in [6, 6.07) is 0. The summed E-state index contributed by atoms with van der Waals surface area (Å²) in [7, 11) is 0. The van der Waals surface area contributed by atoms with Crippen LogP contribution in [0.5, 0.6) is 0 Å². The highest BCUT2D eigenvalue weighted by molar-refractivity contribution is 4.94. The summed E-state index contributed by atoms with van der Waals surface area (Å²) >= 11 is 0. The second-order valence-electron chi connectivity index (χ2n) is 6.16. The maximum absolute atomic E-state index is 10.4. The van der Waals surface area contributed by atoms with E-state index >= 15 is 0 Å². The van der Waals surface area contributed by atoms with E-state index in [2.05, 4.69) is 27.7 Å². The van der Waals surface area contributed by atoms with Crippen LogP contribution in [0.1, 0.15) is 66.2 Å². The van der Waals surface area contributed by atoms with Crippen LogP contribution in [0.25, 0.3) is 0 Å². The second-order valence-corrected chi connectivity index (χ2v) is 6.16. The highest BCUT2D eigenvalue weighted by atomic mass is 16.3. The van der Waals surface area contributed by atoms with E-state index in [0.717, 1.165) is 19.3 Å². The van der Waals surface area contributed by atoms with Crippen LogP contribution in [-0.4, -0.2) is 10.7 Å². The molecule has 1 nitrogen and oxygen atoms in total. The molecule has 1 aliphatic rings. The van der Waals surface area contributed by atoms with Gasteiger partial charge in [0.25, 0.3) is 0 Å². The molecule has 1 saturated carbocycles.